The summed E-state index contributed by atoms with van der Waals surface area (Å²) in [6.45, 7) is 2.29. The molecule has 0 unspecified atom stereocenters. The second-order valence-corrected chi connectivity index (χ2v) is 5.35. The number of rotatable bonds is 7. The predicted octanol–water partition coefficient (Wildman–Crippen LogP) is 2.96. The Kier molecular flexibility index (Phi) is 6.11. The molecule has 1 amide bonds. The molecule has 2 rings (SSSR count). The van der Waals surface area contributed by atoms with Crippen LogP contribution in [0.5, 0.6) is 23.0 Å². The second kappa shape index (κ2) is 8.28. The third kappa shape index (κ3) is 3.96. The number of ether oxygens (including phenoxy) is 4. The SMILES string of the molecule is COc1cc(C)c(CNC(=O)c2c(OC)cccc2OC)cc1OC. The summed E-state index contributed by atoms with van der Waals surface area (Å²) in [6.07, 6.45) is 0. The Morgan fingerprint density at radius 2 is 1.40 bits per heavy atom. The number of methoxy groups -OCH3 is 4. The average molecular weight is 345 g/mol. The summed E-state index contributed by atoms with van der Waals surface area (Å²) in [5.41, 5.74) is 2.29. The van der Waals surface area contributed by atoms with Crippen LogP contribution in [-0.2, 0) is 6.54 Å². The smallest absolute Gasteiger partial charge is 0.259 e. The monoisotopic (exact) mass is 345 g/mol. The number of nitrogens with one attached hydrogen (secondary N) is 1. The Morgan fingerprint density at radius 3 is 1.92 bits per heavy atom. The van der Waals surface area contributed by atoms with Crippen molar-refractivity contribution in [2.75, 3.05) is 28.4 Å². The Balaban J connectivity index is 2.24. The Bertz CT molecular complexity index is 735. The molecular weight excluding hydrogens is 322 g/mol. The lowest BCUT2D eigenvalue weighted by atomic mass is 10.1. The van der Waals surface area contributed by atoms with Crippen molar-refractivity contribution in [3.63, 3.8) is 0 Å². The van der Waals surface area contributed by atoms with E-state index in [-0.39, 0.29) is 5.91 Å². The van der Waals surface area contributed by atoms with Crippen molar-refractivity contribution < 1.29 is 23.7 Å². The Hall–Kier alpha value is -2.89. The summed E-state index contributed by atoms with van der Waals surface area (Å²) in [5, 5.41) is 2.90. The van der Waals surface area contributed by atoms with Gasteiger partial charge in [0.25, 0.3) is 5.91 Å². The third-order valence-corrected chi connectivity index (χ3v) is 3.94. The van der Waals surface area contributed by atoms with E-state index < -0.39 is 0 Å². The normalized spacial score (nSPS) is 10.1. The largest absolute Gasteiger partial charge is 0.496 e. The van der Waals surface area contributed by atoms with Crippen molar-refractivity contribution in [1.82, 2.24) is 5.32 Å². The Morgan fingerprint density at radius 1 is 0.880 bits per heavy atom. The van der Waals surface area contributed by atoms with E-state index in [1.807, 2.05) is 19.1 Å². The number of hydrogen-bond acceptors (Lipinski definition) is 5. The van der Waals surface area contributed by atoms with Gasteiger partial charge in [-0.1, -0.05) is 6.07 Å². The van der Waals surface area contributed by atoms with Crippen LogP contribution in [0.15, 0.2) is 30.3 Å². The van der Waals surface area contributed by atoms with E-state index in [0.717, 1.165) is 11.1 Å². The van der Waals surface area contributed by atoms with Gasteiger partial charge < -0.3 is 24.3 Å². The molecule has 0 aromatic heterocycles. The van der Waals surface area contributed by atoms with Crippen LogP contribution in [0.1, 0.15) is 21.5 Å². The summed E-state index contributed by atoms with van der Waals surface area (Å²) in [5.74, 6) is 1.92. The number of carbonyl (C=O) groups is 1. The maximum absolute atomic E-state index is 12.6. The van der Waals surface area contributed by atoms with Crippen molar-refractivity contribution in [2.24, 2.45) is 0 Å². The molecule has 0 aliphatic carbocycles. The quantitative estimate of drug-likeness (QED) is 0.836. The lowest BCUT2D eigenvalue weighted by Crippen LogP contribution is -2.24. The van der Waals surface area contributed by atoms with Gasteiger partial charge in [-0.25, -0.2) is 0 Å². The van der Waals surface area contributed by atoms with Gasteiger partial charge in [0.2, 0.25) is 0 Å². The van der Waals surface area contributed by atoms with E-state index in [1.54, 1.807) is 32.4 Å². The molecule has 0 aliphatic heterocycles. The fourth-order valence-electron chi connectivity index (χ4n) is 2.55. The van der Waals surface area contributed by atoms with Gasteiger partial charge in [0.1, 0.15) is 17.1 Å². The number of amides is 1. The van der Waals surface area contributed by atoms with Crippen LogP contribution in [0.2, 0.25) is 0 Å². The van der Waals surface area contributed by atoms with Crippen molar-refractivity contribution in [3.8, 4) is 23.0 Å². The zero-order chi connectivity index (χ0) is 18.4. The number of aryl methyl sites for hydroxylation is 1. The van der Waals surface area contributed by atoms with Crippen LogP contribution < -0.4 is 24.3 Å². The molecule has 0 fully saturated rings. The van der Waals surface area contributed by atoms with Crippen LogP contribution in [0, 0.1) is 6.92 Å². The van der Waals surface area contributed by atoms with Crippen LogP contribution in [0.25, 0.3) is 0 Å². The number of hydrogen-bond donors (Lipinski definition) is 1. The van der Waals surface area contributed by atoms with E-state index >= 15 is 0 Å². The van der Waals surface area contributed by atoms with Crippen molar-refractivity contribution in [3.05, 3.63) is 47.0 Å². The molecule has 134 valence electrons. The van der Waals surface area contributed by atoms with Crippen LogP contribution in [0.4, 0.5) is 0 Å². The fraction of sp³-hybridized carbons (Fsp3) is 0.316. The van der Waals surface area contributed by atoms with E-state index in [9.17, 15) is 4.79 Å². The summed E-state index contributed by atoms with van der Waals surface area (Å²) in [4.78, 5) is 12.6. The topological polar surface area (TPSA) is 66.0 Å². The molecule has 0 heterocycles. The lowest BCUT2D eigenvalue weighted by Gasteiger charge is -2.15. The summed E-state index contributed by atoms with van der Waals surface area (Å²) in [7, 11) is 6.20. The highest BCUT2D eigenvalue weighted by Crippen LogP contribution is 2.31. The molecule has 0 spiro atoms. The highest BCUT2D eigenvalue weighted by molar-refractivity contribution is 5.99. The van der Waals surface area contributed by atoms with Gasteiger partial charge in [-0.15, -0.1) is 0 Å². The highest BCUT2D eigenvalue weighted by Gasteiger charge is 2.18. The Labute approximate surface area is 147 Å². The minimum atomic E-state index is -0.275. The van der Waals surface area contributed by atoms with Gasteiger partial charge in [0.05, 0.1) is 28.4 Å². The molecule has 0 bridgehead atoms. The van der Waals surface area contributed by atoms with Gasteiger partial charge in [-0.2, -0.15) is 0 Å². The first-order valence-electron chi connectivity index (χ1n) is 7.76. The van der Waals surface area contributed by atoms with Crippen molar-refractivity contribution in [2.45, 2.75) is 13.5 Å². The van der Waals surface area contributed by atoms with Gasteiger partial charge in [-0.3, -0.25) is 4.79 Å². The molecule has 0 atom stereocenters. The first-order valence-corrected chi connectivity index (χ1v) is 7.76. The van der Waals surface area contributed by atoms with Crippen molar-refractivity contribution >= 4 is 5.91 Å². The standard InChI is InChI=1S/C19H23NO5/c1-12-9-16(24-4)17(25-5)10-13(12)11-20-19(21)18-14(22-2)7-6-8-15(18)23-3/h6-10H,11H2,1-5H3,(H,20,21). The van der Waals surface area contributed by atoms with E-state index in [2.05, 4.69) is 5.32 Å². The minimum Gasteiger partial charge on any atom is -0.496 e. The summed E-state index contributed by atoms with van der Waals surface area (Å²) < 4.78 is 21.1. The molecule has 6 nitrogen and oxygen atoms in total. The van der Waals surface area contributed by atoms with Gasteiger partial charge >= 0.3 is 0 Å². The lowest BCUT2D eigenvalue weighted by molar-refractivity contribution is 0.0944. The molecule has 1 N–H and O–H groups in total. The zero-order valence-electron chi connectivity index (χ0n) is 15.1. The number of benzene rings is 2. The van der Waals surface area contributed by atoms with E-state index in [0.29, 0.717) is 35.1 Å². The fourth-order valence-corrected chi connectivity index (χ4v) is 2.55. The second-order valence-electron chi connectivity index (χ2n) is 5.35. The first-order chi connectivity index (χ1) is 12.0. The molecule has 0 radical (unpaired) electrons. The number of carbonyl (C=O) groups excluding carboxylic acids is 1. The summed E-state index contributed by atoms with van der Waals surface area (Å²) in [6, 6.07) is 8.95. The van der Waals surface area contributed by atoms with Crippen LogP contribution in [-0.4, -0.2) is 34.3 Å². The molecule has 6 heteroatoms. The molecular formula is C19H23NO5. The average Bonchev–Trinajstić information content (AvgIpc) is 2.65. The molecule has 2 aromatic rings. The van der Waals surface area contributed by atoms with Crippen LogP contribution >= 0.6 is 0 Å². The molecule has 0 saturated carbocycles. The highest BCUT2D eigenvalue weighted by atomic mass is 16.5. The van der Waals surface area contributed by atoms with Gasteiger partial charge in [0.15, 0.2) is 11.5 Å². The first kappa shape index (κ1) is 18.4. The summed E-state index contributed by atoms with van der Waals surface area (Å²) >= 11 is 0. The van der Waals surface area contributed by atoms with E-state index in [1.165, 1.54) is 14.2 Å². The molecule has 2 aromatic carbocycles. The molecule has 25 heavy (non-hydrogen) atoms. The maximum Gasteiger partial charge on any atom is 0.259 e. The molecule has 0 saturated heterocycles. The minimum absolute atomic E-state index is 0.275. The predicted molar refractivity (Wildman–Crippen MR) is 95.0 cm³/mol. The van der Waals surface area contributed by atoms with Gasteiger partial charge in [0, 0.05) is 6.54 Å². The van der Waals surface area contributed by atoms with E-state index in [4.69, 9.17) is 18.9 Å². The zero-order valence-corrected chi connectivity index (χ0v) is 15.1. The van der Waals surface area contributed by atoms with Gasteiger partial charge in [-0.05, 0) is 42.3 Å². The molecule has 0 aliphatic rings. The third-order valence-electron chi connectivity index (χ3n) is 3.94. The maximum atomic E-state index is 12.6. The van der Waals surface area contributed by atoms with Crippen LogP contribution in [0.3, 0.4) is 0 Å². The van der Waals surface area contributed by atoms with Crippen molar-refractivity contribution in [1.29, 1.82) is 0 Å².